The van der Waals surface area contributed by atoms with Gasteiger partial charge in [-0.2, -0.15) is 0 Å². The maximum Gasteiger partial charge on any atom is 0.309 e. The van der Waals surface area contributed by atoms with Gasteiger partial charge in [0.25, 0.3) is 0 Å². The van der Waals surface area contributed by atoms with Crippen LogP contribution in [0.4, 0.5) is 14.6 Å². The smallest absolute Gasteiger partial charge is 0.309 e. The topological polar surface area (TPSA) is 64.5 Å². The van der Waals surface area contributed by atoms with Crippen molar-refractivity contribution in [1.82, 2.24) is 9.97 Å². The third kappa shape index (κ3) is 4.25. The number of esters is 1. The predicted octanol–water partition coefficient (Wildman–Crippen LogP) is 3.33. The Kier molecular flexibility index (Phi) is 5.60. The number of ether oxygens (including phenoxy) is 2. The van der Waals surface area contributed by atoms with Crippen LogP contribution in [0, 0.1) is 17.6 Å². The Balaban J connectivity index is 1.64. The molecular formula is C18H19F2N3O3. The first-order chi connectivity index (χ1) is 12.6. The quantitative estimate of drug-likeness (QED) is 0.760. The molecule has 0 saturated carbocycles. The summed E-state index contributed by atoms with van der Waals surface area (Å²) in [6, 6.07) is 4.91. The van der Waals surface area contributed by atoms with Gasteiger partial charge >= 0.3 is 5.97 Å². The van der Waals surface area contributed by atoms with Gasteiger partial charge in [-0.25, -0.2) is 18.7 Å². The highest BCUT2D eigenvalue weighted by Gasteiger charge is 2.26. The number of aromatic nitrogens is 2. The fraction of sp³-hybridized carbons (Fsp3) is 0.389. The molecule has 1 fully saturated rings. The van der Waals surface area contributed by atoms with E-state index in [1.165, 1.54) is 12.4 Å². The molecular weight excluding hydrogens is 344 g/mol. The van der Waals surface area contributed by atoms with Gasteiger partial charge in [-0.1, -0.05) is 0 Å². The molecule has 0 aliphatic carbocycles. The monoisotopic (exact) mass is 363 g/mol. The molecule has 1 aromatic heterocycles. The van der Waals surface area contributed by atoms with Crippen molar-refractivity contribution >= 4 is 11.8 Å². The lowest BCUT2D eigenvalue weighted by atomic mass is 9.97. The first-order valence-corrected chi connectivity index (χ1v) is 8.43. The second-order valence-electron chi connectivity index (χ2n) is 5.91. The normalized spacial score (nSPS) is 15.0. The molecule has 0 radical (unpaired) electrons. The van der Waals surface area contributed by atoms with Crippen LogP contribution >= 0.6 is 0 Å². The number of nitrogens with zero attached hydrogens (tertiary/aromatic N) is 3. The summed E-state index contributed by atoms with van der Waals surface area (Å²) in [7, 11) is 0. The molecule has 1 aromatic carbocycles. The SMILES string of the molecule is CCOC(=O)C1CCN(c2cc(Oc3ccc(F)c(F)c3)ncn2)CC1. The molecule has 26 heavy (non-hydrogen) atoms. The largest absolute Gasteiger partial charge is 0.466 e. The van der Waals surface area contributed by atoms with Gasteiger partial charge in [0.15, 0.2) is 11.6 Å². The molecule has 2 aromatic rings. The summed E-state index contributed by atoms with van der Waals surface area (Å²) < 4.78 is 36.8. The number of piperidine rings is 1. The Morgan fingerprint density at radius 2 is 1.96 bits per heavy atom. The number of anilines is 1. The summed E-state index contributed by atoms with van der Waals surface area (Å²) in [6.07, 6.45) is 2.71. The molecule has 0 spiro atoms. The maximum absolute atomic E-state index is 13.3. The fourth-order valence-electron chi connectivity index (χ4n) is 2.82. The molecule has 1 aliphatic heterocycles. The van der Waals surface area contributed by atoms with Gasteiger partial charge in [0.2, 0.25) is 5.88 Å². The molecule has 6 nitrogen and oxygen atoms in total. The van der Waals surface area contributed by atoms with Crippen molar-refractivity contribution in [3.8, 4) is 11.6 Å². The van der Waals surface area contributed by atoms with E-state index >= 15 is 0 Å². The maximum atomic E-state index is 13.3. The zero-order chi connectivity index (χ0) is 18.5. The highest BCUT2D eigenvalue weighted by Crippen LogP contribution is 2.27. The minimum Gasteiger partial charge on any atom is -0.466 e. The molecule has 0 amide bonds. The minimum atomic E-state index is -0.988. The Morgan fingerprint density at radius 1 is 1.19 bits per heavy atom. The lowest BCUT2D eigenvalue weighted by Crippen LogP contribution is -2.37. The second-order valence-corrected chi connectivity index (χ2v) is 5.91. The summed E-state index contributed by atoms with van der Waals surface area (Å²) in [5.74, 6) is -1.14. The average Bonchev–Trinajstić information content (AvgIpc) is 2.65. The molecule has 1 saturated heterocycles. The van der Waals surface area contributed by atoms with Crippen molar-refractivity contribution in [2.75, 3.05) is 24.6 Å². The first kappa shape index (κ1) is 18.0. The molecule has 0 bridgehead atoms. The Labute approximate surface area is 149 Å². The third-order valence-electron chi connectivity index (χ3n) is 4.18. The van der Waals surface area contributed by atoms with Gasteiger partial charge in [0.1, 0.15) is 17.9 Å². The zero-order valence-corrected chi connectivity index (χ0v) is 14.3. The second kappa shape index (κ2) is 8.07. The minimum absolute atomic E-state index is 0.0917. The number of rotatable bonds is 5. The number of halogens is 2. The Morgan fingerprint density at radius 3 is 2.65 bits per heavy atom. The average molecular weight is 363 g/mol. The van der Waals surface area contributed by atoms with E-state index in [2.05, 4.69) is 9.97 Å². The highest BCUT2D eigenvalue weighted by molar-refractivity contribution is 5.72. The van der Waals surface area contributed by atoms with Crippen LogP contribution in [0.25, 0.3) is 0 Å². The standard InChI is InChI=1S/C18H19F2N3O3/c1-2-25-18(24)12-5-7-23(8-6-12)16-10-17(22-11-21-16)26-13-3-4-14(19)15(20)9-13/h3-4,9-12H,2,5-8H2,1H3. The van der Waals surface area contributed by atoms with E-state index < -0.39 is 11.6 Å². The summed E-state index contributed by atoms with van der Waals surface area (Å²) >= 11 is 0. The lowest BCUT2D eigenvalue weighted by molar-refractivity contribution is -0.148. The van der Waals surface area contributed by atoms with Crippen LogP contribution in [0.5, 0.6) is 11.6 Å². The van der Waals surface area contributed by atoms with Crippen LogP contribution in [-0.2, 0) is 9.53 Å². The van der Waals surface area contributed by atoms with Crippen LogP contribution in [-0.4, -0.2) is 35.6 Å². The molecule has 0 N–H and O–H groups in total. The van der Waals surface area contributed by atoms with Crippen molar-refractivity contribution in [3.63, 3.8) is 0 Å². The van der Waals surface area contributed by atoms with E-state index in [9.17, 15) is 13.6 Å². The highest BCUT2D eigenvalue weighted by atomic mass is 19.2. The van der Waals surface area contributed by atoms with Crippen molar-refractivity contribution in [1.29, 1.82) is 0 Å². The van der Waals surface area contributed by atoms with Crippen molar-refractivity contribution in [3.05, 3.63) is 42.2 Å². The van der Waals surface area contributed by atoms with Crippen LogP contribution in [0.1, 0.15) is 19.8 Å². The zero-order valence-electron chi connectivity index (χ0n) is 14.3. The number of hydrogen-bond acceptors (Lipinski definition) is 6. The molecule has 0 atom stereocenters. The molecule has 3 rings (SSSR count). The number of hydrogen-bond donors (Lipinski definition) is 0. The van der Waals surface area contributed by atoms with E-state index in [1.807, 2.05) is 4.90 Å². The van der Waals surface area contributed by atoms with Crippen LogP contribution in [0.2, 0.25) is 0 Å². The molecule has 1 aliphatic rings. The Bertz CT molecular complexity index is 780. The van der Waals surface area contributed by atoms with E-state index in [1.54, 1.807) is 13.0 Å². The van der Waals surface area contributed by atoms with Gasteiger partial charge < -0.3 is 14.4 Å². The number of carbonyl (C=O) groups is 1. The van der Waals surface area contributed by atoms with Gasteiger partial charge in [0, 0.05) is 25.2 Å². The first-order valence-electron chi connectivity index (χ1n) is 8.43. The van der Waals surface area contributed by atoms with Gasteiger partial charge in [-0.05, 0) is 31.9 Å². The Hall–Kier alpha value is -2.77. The molecule has 8 heteroatoms. The van der Waals surface area contributed by atoms with Crippen LogP contribution < -0.4 is 9.64 Å². The van der Waals surface area contributed by atoms with E-state index in [0.29, 0.717) is 38.4 Å². The third-order valence-corrected chi connectivity index (χ3v) is 4.18. The van der Waals surface area contributed by atoms with Crippen molar-refractivity contribution in [2.45, 2.75) is 19.8 Å². The van der Waals surface area contributed by atoms with Crippen LogP contribution in [0.3, 0.4) is 0 Å². The lowest BCUT2D eigenvalue weighted by Gasteiger charge is -2.31. The fourth-order valence-corrected chi connectivity index (χ4v) is 2.82. The number of benzene rings is 1. The van der Waals surface area contributed by atoms with Crippen LogP contribution in [0.15, 0.2) is 30.6 Å². The molecule has 2 heterocycles. The van der Waals surface area contributed by atoms with Gasteiger partial charge in [0.05, 0.1) is 12.5 Å². The van der Waals surface area contributed by atoms with E-state index in [-0.39, 0.29) is 23.5 Å². The van der Waals surface area contributed by atoms with Crippen molar-refractivity contribution in [2.24, 2.45) is 5.92 Å². The summed E-state index contributed by atoms with van der Waals surface area (Å²) in [6.45, 7) is 3.49. The summed E-state index contributed by atoms with van der Waals surface area (Å²) in [5.41, 5.74) is 0. The van der Waals surface area contributed by atoms with Gasteiger partial charge in [-0.3, -0.25) is 4.79 Å². The van der Waals surface area contributed by atoms with E-state index in [4.69, 9.17) is 9.47 Å². The van der Waals surface area contributed by atoms with Gasteiger partial charge in [-0.15, -0.1) is 0 Å². The van der Waals surface area contributed by atoms with Crippen molar-refractivity contribution < 1.29 is 23.0 Å². The molecule has 138 valence electrons. The summed E-state index contributed by atoms with van der Waals surface area (Å²) in [4.78, 5) is 22.1. The number of carbonyl (C=O) groups excluding carboxylic acids is 1. The molecule has 0 unspecified atom stereocenters. The predicted molar refractivity (Wildman–Crippen MR) is 90.0 cm³/mol. The summed E-state index contributed by atoms with van der Waals surface area (Å²) in [5, 5.41) is 0. The van der Waals surface area contributed by atoms with E-state index in [0.717, 1.165) is 12.1 Å².